The van der Waals surface area contributed by atoms with Crippen LogP contribution >= 0.6 is 0 Å². The maximum absolute atomic E-state index is 11.4. The van der Waals surface area contributed by atoms with E-state index in [1.807, 2.05) is 20.8 Å². The van der Waals surface area contributed by atoms with Crippen molar-refractivity contribution in [2.45, 2.75) is 57.7 Å². The Balaban J connectivity index is 2.37. The summed E-state index contributed by atoms with van der Waals surface area (Å²) in [4.78, 5) is 11.4. The topological polar surface area (TPSA) is 64.3 Å². The Morgan fingerprint density at radius 3 is 2.60 bits per heavy atom. The van der Waals surface area contributed by atoms with Crippen LogP contribution in [-0.4, -0.2) is 30.2 Å². The highest BCUT2D eigenvalue weighted by molar-refractivity contribution is 5.84. The molecule has 0 spiro atoms. The van der Waals surface area contributed by atoms with E-state index in [1.165, 1.54) is 0 Å². The van der Waals surface area contributed by atoms with E-state index in [1.54, 1.807) is 0 Å². The van der Waals surface area contributed by atoms with Gasteiger partial charge in [-0.2, -0.15) is 0 Å². The minimum atomic E-state index is -0.615. The molecule has 1 amide bonds. The SMILES string of the molecule is CC(C)OCCC(C)(NC1CC1)C(N)=O. The molecule has 3 N–H and O–H groups in total. The average molecular weight is 214 g/mol. The van der Waals surface area contributed by atoms with Crippen molar-refractivity contribution in [2.75, 3.05) is 6.61 Å². The summed E-state index contributed by atoms with van der Waals surface area (Å²) in [6, 6.07) is 0.474. The molecule has 1 atom stereocenters. The van der Waals surface area contributed by atoms with Crippen LogP contribution in [0.4, 0.5) is 0 Å². The van der Waals surface area contributed by atoms with E-state index in [-0.39, 0.29) is 12.0 Å². The second kappa shape index (κ2) is 4.94. The van der Waals surface area contributed by atoms with Crippen molar-refractivity contribution in [1.82, 2.24) is 5.32 Å². The van der Waals surface area contributed by atoms with Gasteiger partial charge in [-0.05, 0) is 40.0 Å². The van der Waals surface area contributed by atoms with Crippen LogP contribution in [0.1, 0.15) is 40.0 Å². The van der Waals surface area contributed by atoms with Crippen LogP contribution in [0, 0.1) is 0 Å². The van der Waals surface area contributed by atoms with Crippen molar-refractivity contribution in [1.29, 1.82) is 0 Å². The number of hydrogen-bond acceptors (Lipinski definition) is 3. The third-order valence-corrected chi connectivity index (χ3v) is 2.70. The van der Waals surface area contributed by atoms with Gasteiger partial charge >= 0.3 is 0 Å². The first-order valence-electron chi connectivity index (χ1n) is 5.63. The van der Waals surface area contributed by atoms with Gasteiger partial charge < -0.3 is 15.8 Å². The van der Waals surface area contributed by atoms with Crippen LogP contribution in [0.5, 0.6) is 0 Å². The second-order valence-corrected chi connectivity index (χ2v) is 4.78. The van der Waals surface area contributed by atoms with Gasteiger partial charge in [-0.15, -0.1) is 0 Å². The lowest BCUT2D eigenvalue weighted by Gasteiger charge is -2.27. The number of ether oxygens (including phenoxy) is 1. The number of nitrogens with one attached hydrogen (secondary N) is 1. The highest BCUT2D eigenvalue weighted by Crippen LogP contribution is 2.24. The first-order chi connectivity index (χ1) is 6.94. The van der Waals surface area contributed by atoms with Gasteiger partial charge in [0, 0.05) is 12.6 Å². The zero-order chi connectivity index (χ0) is 11.5. The van der Waals surface area contributed by atoms with Crippen LogP contribution < -0.4 is 11.1 Å². The van der Waals surface area contributed by atoms with Crippen LogP contribution in [0.25, 0.3) is 0 Å². The summed E-state index contributed by atoms with van der Waals surface area (Å²) in [6.45, 7) is 6.39. The Morgan fingerprint density at radius 2 is 2.20 bits per heavy atom. The quantitative estimate of drug-likeness (QED) is 0.659. The number of rotatable bonds is 7. The normalized spacial score (nSPS) is 20.3. The van der Waals surface area contributed by atoms with E-state index in [9.17, 15) is 4.79 Å². The van der Waals surface area contributed by atoms with Gasteiger partial charge in [0.25, 0.3) is 0 Å². The minimum Gasteiger partial charge on any atom is -0.379 e. The van der Waals surface area contributed by atoms with E-state index in [0.717, 1.165) is 12.8 Å². The lowest BCUT2D eigenvalue weighted by atomic mass is 9.97. The molecule has 1 unspecified atom stereocenters. The zero-order valence-electron chi connectivity index (χ0n) is 9.88. The molecule has 1 aliphatic rings. The van der Waals surface area contributed by atoms with Gasteiger partial charge in [0.2, 0.25) is 5.91 Å². The van der Waals surface area contributed by atoms with Gasteiger partial charge in [-0.3, -0.25) is 4.79 Å². The molecule has 0 aromatic carbocycles. The molecule has 1 saturated carbocycles. The van der Waals surface area contributed by atoms with Crippen molar-refractivity contribution in [3.63, 3.8) is 0 Å². The summed E-state index contributed by atoms with van der Waals surface area (Å²) in [5.41, 5.74) is 4.79. The smallest absolute Gasteiger partial charge is 0.237 e. The molecule has 0 aliphatic heterocycles. The molecular weight excluding hydrogens is 192 g/mol. The summed E-state index contributed by atoms with van der Waals surface area (Å²) in [7, 11) is 0. The van der Waals surface area contributed by atoms with Crippen molar-refractivity contribution in [2.24, 2.45) is 5.73 Å². The number of nitrogens with two attached hydrogens (primary N) is 1. The first-order valence-corrected chi connectivity index (χ1v) is 5.63. The van der Waals surface area contributed by atoms with Crippen molar-refractivity contribution >= 4 is 5.91 Å². The molecule has 4 nitrogen and oxygen atoms in total. The van der Waals surface area contributed by atoms with Crippen LogP contribution in [0.15, 0.2) is 0 Å². The first kappa shape index (κ1) is 12.5. The predicted molar refractivity (Wildman–Crippen MR) is 59.5 cm³/mol. The molecule has 15 heavy (non-hydrogen) atoms. The molecule has 0 radical (unpaired) electrons. The molecule has 0 saturated heterocycles. The summed E-state index contributed by atoms with van der Waals surface area (Å²) in [5, 5.41) is 3.29. The Bertz CT molecular complexity index is 227. The number of carbonyl (C=O) groups excluding carboxylic acids is 1. The van der Waals surface area contributed by atoms with Crippen LogP contribution in [0.2, 0.25) is 0 Å². The molecule has 0 bridgehead atoms. The van der Waals surface area contributed by atoms with Gasteiger partial charge in [0.1, 0.15) is 0 Å². The zero-order valence-corrected chi connectivity index (χ0v) is 9.88. The third kappa shape index (κ3) is 4.18. The Labute approximate surface area is 91.5 Å². The summed E-state index contributed by atoms with van der Waals surface area (Å²) in [6.07, 6.45) is 3.13. The molecule has 1 aliphatic carbocycles. The maximum atomic E-state index is 11.4. The Kier molecular flexibility index (Phi) is 4.11. The third-order valence-electron chi connectivity index (χ3n) is 2.70. The predicted octanol–water partition coefficient (Wildman–Crippen LogP) is 0.798. The van der Waals surface area contributed by atoms with Crippen LogP contribution in [0.3, 0.4) is 0 Å². The van der Waals surface area contributed by atoms with Gasteiger partial charge in [-0.1, -0.05) is 0 Å². The molecule has 1 rings (SSSR count). The molecule has 88 valence electrons. The Hall–Kier alpha value is -0.610. The van der Waals surface area contributed by atoms with Crippen molar-refractivity contribution < 1.29 is 9.53 Å². The number of hydrogen-bond donors (Lipinski definition) is 2. The number of carbonyl (C=O) groups is 1. The maximum Gasteiger partial charge on any atom is 0.237 e. The molecule has 1 fully saturated rings. The lowest BCUT2D eigenvalue weighted by Crippen LogP contribution is -2.54. The molecule has 0 heterocycles. The largest absolute Gasteiger partial charge is 0.379 e. The highest BCUT2D eigenvalue weighted by atomic mass is 16.5. The standard InChI is InChI=1S/C11H22N2O2/c1-8(2)15-7-6-11(3,10(12)14)13-9-4-5-9/h8-9,13H,4-7H2,1-3H3,(H2,12,14). The highest BCUT2D eigenvalue weighted by Gasteiger charge is 2.36. The van der Waals surface area contributed by atoms with Crippen LogP contribution in [-0.2, 0) is 9.53 Å². The molecular formula is C11H22N2O2. The molecule has 0 aromatic heterocycles. The van der Waals surface area contributed by atoms with E-state index in [4.69, 9.17) is 10.5 Å². The summed E-state index contributed by atoms with van der Waals surface area (Å²) < 4.78 is 5.44. The second-order valence-electron chi connectivity index (χ2n) is 4.78. The average Bonchev–Trinajstić information content (AvgIpc) is 2.87. The monoisotopic (exact) mass is 214 g/mol. The Morgan fingerprint density at radius 1 is 1.60 bits per heavy atom. The van der Waals surface area contributed by atoms with E-state index >= 15 is 0 Å². The van der Waals surface area contributed by atoms with Gasteiger partial charge in [0.15, 0.2) is 0 Å². The van der Waals surface area contributed by atoms with E-state index in [2.05, 4.69) is 5.32 Å². The number of primary amides is 1. The fourth-order valence-electron chi connectivity index (χ4n) is 1.44. The molecule has 0 aromatic rings. The minimum absolute atomic E-state index is 0.197. The van der Waals surface area contributed by atoms with E-state index in [0.29, 0.717) is 19.1 Å². The van der Waals surface area contributed by atoms with Crippen molar-refractivity contribution in [3.8, 4) is 0 Å². The van der Waals surface area contributed by atoms with Gasteiger partial charge in [-0.25, -0.2) is 0 Å². The fourth-order valence-corrected chi connectivity index (χ4v) is 1.44. The number of amides is 1. The summed E-state index contributed by atoms with van der Waals surface area (Å²) >= 11 is 0. The fraction of sp³-hybridized carbons (Fsp3) is 0.909. The lowest BCUT2D eigenvalue weighted by molar-refractivity contribution is -0.124. The van der Waals surface area contributed by atoms with E-state index < -0.39 is 5.54 Å². The molecule has 4 heteroatoms. The van der Waals surface area contributed by atoms with Gasteiger partial charge in [0.05, 0.1) is 11.6 Å². The summed E-state index contributed by atoms with van der Waals surface area (Å²) in [5.74, 6) is -0.290. The van der Waals surface area contributed by atoms with Crippen molar-refractivity contribution in [3.05, 3.63) is 0 Å².